The van der Waals surface area contributed by atoms with Gasteiger partial charge in [-0.1, -0.05) is 60.7 Å². The van der Waals surface area contributed by atoms with Crippen molar-refractivity contribution in [2.45, 2.75) is 13.3 Å². The summed E-state index contributed by atoms with van der Waals surface area (Å²) in [5.74, 6) is 0.839. The van der Waals surface area contributed by atoms with Crippen LogP contribution in [0.15, 0.2) is 91.0 Å². The summed E-state index contributed by atoms with van der Waals surface area (Å²) in [6.07, 6.45) is 0.783. The van der Waals surface area contributed by atoms with Gasteiger partial charge in [-0.25, -0.2) is 0 Å². The van der Waals surface area contributed by atoms with Gasteiger partial charge in [-0.3, -0.25) is 0 Å². The van der Waals surface area contributed by atoms with Gasteiger partial charge >= 0.3 is 0 Å². The molecule has 0 saturated carbocycles. The third kappa shape index (κ3) is 4.78. The number of benzene rings is 4. The van der Waals surface area contributed by atoms with Crippen molar-refractivity contribution >= 4 is 11.4 Å². The number of ether oxygens (including phenoxy) is 1. The van der Waals surface area contributed by atoms with Crippen molar-refractivity contribution in [2.75, 3.05) is 43.1 Å². The molecule has 0 amide bonds. The second-order valence-corrected chi connectivity index (χ2v) is 9.23. The highest BCUT2D eigenvalue weighted by Crippen LogP contribution is 2.37. The molecule has 0 atom stereocenters. The van der Waals surface area contributed by atoms with E-state index < -0.39 is 0 Å². The first kappa shape index (κ1) is 23.5. The largest absolute Gasteiger partial charge is 0.497 e. The highest BCUT2D eigenvalue weighted by molar-refractivity contribution is 5.79. The van der Waals surface area contributed by atoms with Crippen LogP contribution in [0.5, 0.6) is 5.75 Å². The quantitative estimate of drug-likeness (QED) is 0.322. The van der Waals surface area contributed by atoms with E-state index in [2.05, 4.69) is 95.6 Å². The van der Waals surface area contributed by atoms with E-state index >= 15 is 0 Å². The molecule has 4 nitrogen and oxygen atoms in total. The number of nitriles is 1. The third-order valence-electron chi connectivity index (χ3n) is 7.17. The van der Waals surface area contributed by atoms with E-state index in [1.54, 1.807) is 7.11 Å². The summed E-state index contributed by atoms with van der Waals surface area (Å²) >= 11 is 0. The molecule has 1 aliphatic rings. The molecule has 0 bridgehead atoms. The topological polar surface area (TPSA) is 39.5 Å². The number of methoxy groups -OCH3 is 1. The molecule has 4 aromatic rings. The van der Waals surface area contributed by atoms with E-state index in [1.807, 2.05) is 18.2 Å². The predicted molar refractivity (Wildman–Crippen MR) is 148 cm³/mol. The van der Waals surface area contributed by atoms with E-state index in [4.69, 9.17) is 4.74 Å². The van der Waals surface area contributed by atoms with Crippen LogP contribution in [0, 0.1) is 18.3 Å². The lowest BCUT2D eigenvalue weighted by Gasteiger charge is -2.38. The summed E-state index contributed by atoms with van der Waals surface area (Å²) in [5.41, 5.74) is 8.90. The number of para-hydroxylation sites is 1. The van der Waals surface area contributed by atoms with E-state index in [0.29, 0.717) is 0 Å². The third-order valence-corrected chi connectivity index (χ3v) is 7.17. The molecule has 1 fully saturated rings. The molecule has 0 spiro atoms. The molecule has 4 aromatic carbocycles. The zero-order valence-corrected chi connectivity index (χ0v) is 20.9. The minimum atomic E-state index is 0.783. The van der Waals surface area contributed by atoms with Crippen LogP contribution in [0.3, 0.4) is 0 Å². The first-order valence-electron chi connectivity index (χ1n) is 12.5. The monoisotopic (exact) mass is 473 g/mol. The van der Waals surface area contributed by atoms with Gasteiger partial charge in [-0.15, -0.1) is 0 Å². The first-order chi connectivity index (χ1) is 17.7. The van der Waals surface area contributed by atoms with Gasteiger partial charge in [0.05, 0.1) is 18.4 Å². The summed E-state index contributed by atoms with van der Waals surface area (Å²) in [7, 11) is 1.69. The van der Waals surface area contributed by atoms with E-state index in [-0.39, 0.29) is 0 Å². The number of anilines is 2. The SMILES string of the molecule is COc1ccc(-c2cc(N3CCN(c4ccccc4)CC3)c(C#N)c(C)c2Cc2ccccc2)cc1. The average Bonchev–Trinajstić information content (AvgIpc) is 2.95. The van der Waals surface area contributed by atoms with Gasteiger partial charge in [-0.05, 0) is 71.5 Å². The molecule has 0 aliphatic carbocycles. The Hall–Kier alpha value is -4.23. The number of rotatable bonds is 6. The van der Waals surface area contributed by atoms with Crippen molar-refractivity contribution in [3.63, 3.8) is 0 Å². The number of nitrogens with zero attached hydrogens (tertiary/aromatic N) is 3. The van der Waals surface area contributed by atoms with Crippen molar-refractivity contribution < 1.29 is 4.74 Å². The van der Waals surface area contributed by atoms with Gasteiger partial charge in [0, 0.05) is 31.9 Å². The Morgan fingerprint density at radius 3 is 2.03 bits per heavy atom. The molecule has 36 heavy (non-hydrogen) atoms. The molecule has 0 aromatic heterocycles. The van der Waals surface area contributed by atoms with Gasteiger partial charge in [0.1, 0.15) is 11.8 Å². The number of hydrogen-bond donors (Lipinski definition) is 0. The lowest BCUT2D eigenvalue weighted by Crippen LogP contribution is -2.46. The summed E-state index contributed by atoms with van der Waals surface area (Å²) in [5, 5.41) is 10.3. The van der Waals surface area contributed by atoms with Crippen molar-refractivity contribution in [1.82, 2.24) is 0 Å². The summed E-state index contributed by atoms with van der Waals surface area (Å²) < 4.78 is 5.40. The highest BCUT2D eigenvalue weighted by Gasteiger charge is 2.24. The summed E-state index contributed by atoms with van der Waals surface area (Å²) in [6.45, 7) is 5.72. The molecule has 1 aliphatic heterocycles. The predicted octanol–water partition coefficient (Wildman–Crippen LogP) is 6.46. The molecular weight excluding hydrogens is 442 g/mol. The maximum absolute atomic E-state index is 10.3. The molecule has 1 heterocycles. The molecule has 1 saturated heterocycles. The maximum atomic E-state index is 10.3. The second-order valence-electron chi connectivity index (χ2n) is 9.23. The van der Waals surface area contributed by atoms with Crippen LogP contribution in [0.2, 0.25) is 0 Å². The van der Waals surface area contributed by atoms with Crippen LogP contribution >= 0.6 is 0 Å². The van der Waals surface area contributed by atoms with Crippen LogP contribution in [0.25, 0.3) is 11.1 Å². The minimum absolute atomic E-state index is 0.783. The standard InChI is InChI=1S/C32H31N3O/c1-24-29(21-25-9-5-3-6-10-25)30(26-13-15-28(36-2)16-14-26)22-32(31(24)23-33)35-19-17-34(18-20-35)27-11-7-4-8-12-27/h3-16,22H,17-21H2,1-2H3. The Morgan fingerprint density at radius 1 is 0.806 bits per heavy atom. The summed E-state index contributed by atoms with van der Waals surface area (Å²) in [6, 6.07) is 34.1. The van der Waals surface area contributed by atoms with Gasteiger partial charge in [0.15, 0.2) is 0 Å². The molecular formula is C32H31N3O. The Balaban J connectivity index is 1.54. The van der Waals surface area contributed by atoms with Crippen LogP contribution < -0.4 is 14.5 Å². The molecule has 5 rings (SSSR count). The smallest absolute Gasteiger partial charge is 0.118 e. The zero-order chi connectivity index (χ0) is 24.9. The van der Waals surface area contributed by atoms with Crippen LogP contribution in [0.1, 0.15) is 22.3 Å². The lowest BCUT2D eigenvalue weighted by atomic mass is 9.87. The van der Waals surface area contributed by atoms with Gasteiger partial charge in [0.2, 0.25) is 0 Å². The maximum Gasteiger partial charge on any atom is 0.118 e. The summed E-state index contributed by atoms with van der Waals surface area (Å²) in [4.78, 5) is 4.80. The molecule has 4 heteroatoms. The van der Waals surface area contributed by atoms with E-state index in [0.717, 1.165) is 60.7 Å². The van der Waals surface area contributed by atoms with Crippen LogP contribution in [0.4, 0.5) is 11.4 Å². The lowest BCUT2D eigenvalue weighted by molar-refractivity contribution is 0.415. The Kier molecular flexibility index (Phi) is 6.91. The Morgan fingerprint density at radius 2 is 1.42 bits per heavy atom. The fourth-order valence-electron chi connectivity index (χ4n) is 5.13. The fraction of sp³-hybridized carbons (Fsp3) is 0.219. The van der Waals surface area contributed by atoms with Gasteiger partial charge < -0.3 is 14.5 Å². The average molecular weight is 474 g/mol. The number of piperazine rings is 1. The van der Waals surface area contributed by atoms with E-state index in [9.17, 15) is 5.26 Å². The Bertz CT molecular complexity index is 1350. The zero-order valence-electron chi connectivity index (χ0n) is 20.9. The van der Waals surface area contributed by atoms with Crippen molar-refractivity contribution in [3.8, 4) is 22.9 Å². The number of hydrogen-bond acceptors (Lipinski definition) is 4. The minimum Gasteiger partial charge on any atom is -0.497 e. The molecule has 0 unspecified atom stereocenters. The molecule has 180 valence electrons. The molecule has 0 N–H and O–H groups in total. The van der Waals surface area contributed by atoms with Crippen LogP contribution in [-0.4, -0.2) is 33.3 Å². The van der Waals surface area contributed by atoms with Crippen molar-refractivity contribution in [1.29, 1.82) is 5.26 Å². The van der Waals surface area contributed by atoms with Crippen molar-refractivity contribution in [2.24, 2.45) is 0 Å². The van der Waals surface area contributed by atoms with Crippen LogP contribution in [-0.2, 0) is 6.42 Å². The van der Waals surface area contributed by atoms with Crippen molar-refractivity contribution in [3.05, 3.63) is 113 Å². The normalized spacial score (nSPS) is 13.4. The van der Waals surface area contributed by atoms with Gasteiger partial charge in [0.25, 0.3) is 0 Å². The fourth-order valence-corrected chi connectivity index (χ4v) is 5.13. The first-order valence-corrected chi connectivity index (χ1v) is 12.5. The van der Waals surface area contributed by atoms with E-state index in [1.165, 1.54) is 22.4 Å². The second kappa shape index (κ2) is 10.6. The van der Waals surface area contributed by atoms with Gasteiger partial charge in [-0.2, -0.15) is 5.26 Å². The Labute approximate surface area is 214 Å². The molecule has 0 radical (unpaired) electrons. The highest BCUT2D eigenvalue weighted by atomic mass is 16.5.